The van der Waals surface area contributed by atoms with Crippen molar-refractivity contribution in [2.75, 3.05) is 18.5 Å². The van der Waals surface area contributed by atoms with Gasteiger partial charge in [0.1, 0.15) is 0 Å². The van der Waals surface area contributed by atoms with Crippen LogP contribution in [0.4, 0.5) is 5.69 Å². The van der Waals surface area contributed by atoms with Gasteiger partial charge >= 0.3 is 0 Å². The Kier molecular flexibility index (Phi) is 4.34. The van der Waals surface area contributed by atoms with Crippen molar-refractivity contribution in [3.63, 3.8) is 0 Å². The molecular weight excluding hydrogens is 284 g/mol. The molecule has 2 aromatic rings. The molecule has 22 heavy (non-hydrogen) atoms. The minimum atomic E-state index is -0.276. The smallest absolute Gasteiger partial charge is 0.257 e. The van der Waals surface area contributed by atoms with Gasteiger partial charge in [0.2, 0.25) is 5.56 Å². The number of rotatable bonds is 4. The van der Waals surface area contributed by atoms with E-state index in [1.807, 2.05) is 10.9 Å². The minimum Gasteiger partial charge on any atom is -0.381 e. The molecule has 0 saturated carbocycles. The van der Waals surface area contributed by atoms with Crippen LogP contribution in [-0.2, 0) is 11.3 Å². The van der Waals surface area contributed by atoms with E-state index in [9.17, 15) is 9.59 Å². The number of ether oxygens (including phenoxy) is 1. The van der Waals surface area contributed by atoms with Crippen molar-refractivity contribution < 1.29 is 9.53 Å². The highest BCUT2D eigenvalue weighted by Gasteiger charge is 2.15. The second-order valence-electron chi connectivity index (χ2n) is 5.40. The molecule has 3 heterocycles. The third kappa shape index (κ3) is 3.62. The number of anilines is 1. The second kappa shape index (κ2) is 6.57. The van der Waals surface area contributed by atoms with Crippen LogP contribution in [0.1, 0.15) is 23.2 Å². The van der Waals surface area contributed by atoms with Crippen LogP contribution in [0.3, 0.4) is 0 Å². The number of nitrogens with one attached hydrogen (secondary N) is 2. The molecule has 116 valence electrons. The molecule has 1 aliphatic heterocycles. The van der Waals surface area contributed by atoms with Crippen molar-refractivity contribution in [2.24, 2.45) is 5.92 Å². The Balaban J connectivity index is 1.60. The first-order chi connectivity index (χ1) is 10.7. The molecular formula is C15H18N4O3. The highest BCUT2D eigenvalue weighted by Crippen LogP contribution is 2.17. The number of carbonyl (C=O) groups excluding carboxylic acids is 1. The van der Waals surface area contributed by atoms with Crippen LogP contribution in [0.25, 0.3) is 0 Å². The third-order valence-electron chi connectivity index (χ3n) is 3.72. The standard InChI is InChI=1S/C15H18N4O3/c20-14-2-1-12(7-16-14)15(21)18-13-8-17-19(10-13)9-11-3-5-22-6-4-11/h1-2,7-8,10-11H,3-6,9H2,(H,16,20)(H,18,21). The van der Waals surface area contributed by atoms with Gasteiger partial charge in [-0.3, -0.25) is 14.3 Å². The maximum Gasteiger partial charge on any atom is 0.257 e. The summed E-state index contributed by atoms with van der Waals surface area (Å²) in [5.74, 6) is 0.290. The molecule has 0 radical (unpaired) electrons. The number of carbonyl (C=O) groups is 1. The zero-order valence-electron chi connectivity index (χ0n) is 12.1. The summed E-state index contributed by atoms with van der Waals surface area (Å²) in [4.78, 5) is 25.5. The van der Waals surface area contributed by atoms with E-state index in [1.54, 1.807) is 6.20 Å². The summed E-state index contributed by atoms with van der Waals surface area (Å²) in [6.45, 7) is 2.45. The molecule has 0 aromatic carbocycles. The van der Waals surface area contributed by atoms with Crippen molar-refractivity contribution in [3.8, 4) is 0 Å². The average Bonchev–Trinajstić information content (AvgIpc) is 2.96. The van der Waals surface area contributed by atoms with E-state index in [0.29, 0.717) is 17.2 Å². The predicted octanol–water partition coefficient (Wildman–Crippen LogP) is 1.25. The molecule has 1 fully saturated rings. The maximum atomic E-state index is 12.0. The highest BCUT2D eigenvalue weighted by molar-refractivity contribution is 6.03. The Labute approximate surface area is 127 Å². The SMILES string of the molecule is O=C(Nc1cnn(CC2CCOCC2)c1)c1ccc(=O)[nH]c1. The number of pyridine rings is 1. The third-order valence-corrected chi connectivity index (χ3v) is 3.72. The minimum absolute atomic E-state index is 0.235. The Morgan fingerprint density at radius 1 is 1.41 bits per heavy atom. The van der Waals surface area contributed by atoms with Crippen molar-refractivity contribution in [2.45, 2.75) is 19.4 Å². The topological polar surface area (TPSA) is 89.0 Å². The van der Waals surface area contributed by atoms with Gasteiger partial charge in [-0.15, -0.1) is 0 Å². The lowest BCUT2D eigenvalue weighted by atomic mass is 10.0. The molecule has 1 saturated heterocycles. The van der Waals surface area contributed by atoms with Crippen LogP contribution in [0.5, 0.6) is 0 Å². The van der Waals surface area contributed by atoms with Gasteiger partial charge in [-0.2, -0.15) is 5.10 Å². The molecule has 0 aliphatic carbocycles. The van der Waals surface area contributed by atoms with Crippen LogP contribution < -0.4 is 10.9 Å². The molecule has 7 heteroatoms. The van der Waals surface area contributed by atoms with E-state index in [1.165, 1.54) is 18.3 Å². The maximum absolute atomic E-state index is 12.0. The lowest BCUT2D eigenvalue weighted by Crippen LogP contribution is -2.20. The van der Waals surface area contributed by atoms with Gasteiger partial charge in [-0.25, -0.2) is 0 Å². The van der Waals surface area contributed by atoms with Gasteiger partial charge in [0.15, 0.2) is 0 Å². The number of amides is 1. The van der Waals surface area contributed by atoms with E-state index in [2.05, 4.69) is 15.4 Å². The molecule has 7 nitrogen and oxygen atoms in total. The molecule has 2 aromatic heterocycles. The molecule has 1 amide bonds. The fourth-order valence-electron chi connectivity index (χ4n) is 2.48. The van der Waals surface area contributed by atoms with E-state index < -0.39 is 0 Å². The zero-order valence-corrected chi connectivity index (χ0v) is 12.1. The second-order valence-corrected chi connectivity index (χ2v) is 5.40. The monoisotopic (exact) mass is 302 g/mol. The van der Waals surface area contributed by atoms with Gasteiger partial charge in [0.25, 0.3) is 5.91 Å². The number of H-pyrrole nitrogens is 1. The normalized spacial score (nSPS) is 15.6. The molecule has 0 atom stereocenters. The summed E-state index contributed by atoms with van der Waals surface area (Å²) in [6, 6.07) is 2.81. The lowest BCUT2D eigenvalue weighted by Gasteiger charge is -2.21. The average molecular weight is 302 g/mol. The van der Waals surface area contributed by atoms with Crippen molar-refractivity contribution in [3.05, 3.63) is 46.6 Å². The molecule has 0 unspecified atom stereocenters. The van der Waals surface area contributed by atoms with Crippen LogP contribution in [0, 0.1) is 5.92 Å². The summed E-state index contributed by atoms with van der Waals surface area (Å²) >= 11 is 0. The summed E-state index contributed by atoms with van der Waals surface area (Å²) in [5.41, 5.74) is 0.806. The Bertz CT molecular complexity index is 680. The van der Waals surface area contributed by atoms with E-state index in [0.717, 1.165) is 32.6 Å². The van der Waals surface area contributed by atoms with Crippen molar-refractivity contribution >= 4 is 11.6 Å². The Morgan fingerprint density at radius 2 is 2.23 bits per heavy atom. The largest absolute Gasteiger partial charge is 0.381 e. The van der Waals surface area contributed by atoms with Crippen LogP contribution in [0.2, 0.25) is 0 Å². The number of aromatic amines is 1. The Morgan fingerprint density at radius 3 is 2.95 bits per heavy atom. The summed E-state index contributed by atoms with van der Waals surface area (Å²) < 4.78 is 7.19. The molecule has 0 bridgehead atoms. The van der Waals surface area contributed by atoms with Crippen molar-refractivity contribution in [1.82, 2.24) is 14.8 Å². The van der Waals surface area contributed by atoms with Crippen LogP contribution in [0.15, 0.2) is 35.5 Å². The zero-order chi connectivity index (χ0) is 15.4. The van der Waals surface area contributed by atoms with Gasteiger partial charge < -0.3 is 15.0 Å². The predicted molar refractivity (Wildman–Crippen MR) is 80.8 cm³/mol. The quantitative estimate of drug-likeness (QED) is 0.889. The van der Waals surface area contributed by atoms with Gasteiger partial charge in [0, 0.05) is 38.2 Å². The lowest BCUT2D eigenvalue weighted by molar-refractivity contribution is 0.0601. The number of nitrogens with zero attached hydrogens (tertiary/aromatic N) is 2. The van der Waals surface area contributed by atoms with Crippen molar-refractivity contribution in [1.29, 1.82) is 0 Å². The summed E-state index contributed by atoms with van der Waals surface area (Å²) in [6.07, 6.45) is 6.92. The summed E-state index contributed by atoms with van der Waals surface area (Å²) in [5, 5.41) is 7.04. The van der Waals surface area contributed by atoms with Crippen LogP contribution >= 0.6 is 0 Å². The molecule has 3 rings (SSSR count). The van der Waals surface area contributed by atoms with E-state index in [-0.39, 0.29) is 11.5 Å². The van der Waals surface area contributed by atoms with Gasteiger partial charge in [0.05, 0.1) is 17.4 Å². The Hall–Kier alpha value is -2.41. The first-order valence-electron chi connectivity index (χ1n) is 7.31. The molecule has 2 N–H and O–H groups in total. The first-order valence-corrected chi connectivity index (χ1v) is 7.31. The molecule has 0 spiro atoms. The summed E-state index contributed by atoms with van der Waals surface area (Å²) in [7, 11) is 0. The molecule has 1 aliphatic rings. The number of hydrogen-bond donors (Lipinski definition) is 2. The first kappa shape index (κ1) is 14.5. The van der Waals surface area contributed by atoms with Crippen LogP contribution in [-0.4, -0.2) is 33.9 Å². The fraction of sp³-hybridized carbons (Fsp3) is 0.400. The van der Waals surface area contributed by atoms with E-state index >= 15 is 0 Å². The fourth-order valence-corrected chi connectivity index (χ4v) is 2.48. The number of aromatic nitrogens is 3. The number of hydrogen-bond acceptors (Lipinski definition) is 4. The van der Waals surface area contributed by atoms with Gasteiger partial charge in [-0.1, -0.05) is 0 Å². The van der Waals surface area contributed by atoms with Gasteiger partial charge in [-0.05, 0) is 24.8 Å². The highest BCUT2D eigenvalue weighted by atomic mass is 16.5. The van der Waals surface area contributed by atoms with E-state index in [4.69, 9.17) is 4.74 Å².